The van der Waals surface area contributed by atoms with Crippen molar-refractivity contribution in [1.29, 1.82) is 0 Å². The monoisotopic (exact) mass is 690 g/mol. The summed E-state index contributed by atoms with van der Waals surface area (Å²) in [6.07, 6.45) is 4.99. The second kappa shape index (κ2) is 16.6. The first kappa shape index (κ1) is 36.3. The lowest BCUT2D eigenvalue weighted by Gasteiger charge is -2.16. The molecule has 11 nitrogen and oxygen atoms in total. The molecule has 11 heteroatoms. The Balaban J connectivity index is 0.000000199. The van der Waals surface area contributed by atoms with E-state index in [1.807, 2.05) is 60.7 Å². The topological polar surface area (TPSA) is 174 Å². The number of aliphatic carboxylic acids is 2. The van der Waals surface area contributed by atoms with Gasteiger partial charge in [-0.25, -0.2) is 0 Å². The molecule has 51 heavy (non-hydrogen) atoms. The molecule has 0 fully saturated rings. The molecule has 4 aromatic carbocycles. The van der Waals surface area contributed by atoms with E-state index in [9.17, 15) is 24.0 Å². The molecule has 0 aliphatic heterocycles. The molecule has 264 valence electrons. The number of carboxylic acids is 2. The second-order valence-electron chi connectivity index (χ2n) is 12.6. The molecule has 6 rings (SSSR count). The van der Waals surface area contributed by atoms with Gasteiger partial charge in [0.25, 0.3) is 0 Å². The highest BCUT2D eigenvalue weighted by molar-refractivity contribution is 5.97. The van der Waals surface area contributed by atoms with Crippen molar-refractivity contribution in [2.45, 2.75) is 71.4 Å². The van der Waals surface area contributed by atoms with Gasteiger partial charge in [-0.15, -0.1) is 0 Å². The van der Waals surface area contributed by atoms with Gasteiger partial charge in [-0.2, -0.15) is 0 Å². The summed E-state index contributed by atoms with van der Waals surface area (Å²) < 4.78 is 4.23. The number of rotatable bonds is 13. The molecule has 1 amide bonds. The first-order valence-electron chi connectivity index (χ1n) is 17.1. The molecule has 0 unspecified atom stereocenters. The Bertz CT molecular complexity index is 2360. The Morgan fingerprint density at radius 2 is 1.04 bits per heavy atom. The van der Waals surface area contributed by atoms with Gasteiger partial charge in [0.05, 0.1) is 22.1 Å². The number of carboxylic acid groups (broad SMARTS) is 2. The maximum Gasteiger partial charge on any atom is 0.303 e. The molecular weight excluding hydrogens is 648 g/mol. The van der Waals surface area contributed by atoms with E-state index in [2.05, 4.69) is 14.5 Å². The lowest BCUT2D eigenvalue weighted by atomic mass is 10.1. The third kappa shape index (κ3) is 8.80. The Kier molecular flexibility index (Phi) is 11.8. The van der Waals surface area contributed by atoms with Crippen molar-refractivity contribution in [3.05, 3.63) is 105 Å². The van der Waals surface area contributed by atoms with E-state index in [0.29, 0.717) is 52.3 Å². The van der Waals surface area contributed by atoms with E-state index >= 15 is 0 Å². The van der Waals surface area contributed by atoms with Crippen molar-refractivity contribution in [2.75, 3.05) is 11.1 Å². The van der Waals surface area contributed by atoms with Crippen LogP contribution in [0.2, 0.25) is 0 Å². The zero-order valence-corrected chi connectivity index (χ0v) is 28.6. The van der Waals surface area contributed by atoms with E-state index in [4.69, 9.17) is 15.9 Å². The average molecular weight is 691 g/mol. The lowest BCUT2D eigenvalue weighted by Crippen LogP contribution is -2.13. The Morgan fingerprint density at radius 3 is 1.53 bits per heavy atom. The second-order valence-corrected chi connectivity index (χ2v) is 12.6. The normalized spacial score (nSPS) is 11.1. The number of hydrogen-bond acceptors (Lipinski definition) is 6. The summed E-state index contributed by atoms with van der Waals surface area (Å²) in [5.41, 5.74) is 10.4. The molecule has 5 N–H and O–H groups in total. The predicted octanol–water partition coefficient (Wildman–Crippen LogP) is 7.14. The van der Waals surface area contributed by atoms with Crippen molar-refractivity contribution >= 4 is 72.8 Å². The number of aryl methyl sites for hydroxylation is 2. The van der Waals surface area contributed by atoms with Gasteiger partial charge in [-0.1, -0.05) is 37.1 Å². The molecule has 0 atom stereocenters. The molecule has 0 radical (unpaired) electrons. The fourth-order valence-corrected chi connectivity index (χ4v) is 6.48. The van der Waals surface area contributed by atoms with E-state index in [1.165, 1.54) is 6.92 Å². The number of nitrogens with one attached hydrogen (secondary N) is 1. The Morgan fingerprint density at radius 1 is 0.588 bits per heavy atom. The average Bonchev–Trinajstić information content (AvgIpc) is 3.10. The highest BCUT2D eigenvalue weighted by atomic mass is 16.4. The molecule has 2 aromatic heterocycles. The molecule has 0 bridgehead atoms. The standard InChI is InChI=1S/C21H22N2O4.C19H20N2O3/c1-14(24)22-15-10-11-19-17(13-15)21(27)16-7-4-5-8-18(16)23(19)12-6-2-3-9-20(25)26;20-13-9-10-17-15(12-13)19(24)14-6-3-4-7-16(14)21(17)11-5-1-2-8-18(22)23/h4-5,7-8,10-11,13H,2-3,6,9,12H2,1H3,(H,22,24)(H,25,26);3-4,6-7,9-10,12H,1-2,5,8,11,20H2,(H,22,23). The summed E-state index contributed by atoms with van der Waals surface area (Å²) in [6, 6.07) is 25.8. The van der Waals surface area contributed by atoms with Crippen LogP contribution in [0, 0.1) is 0 Å². The van der Waals surface area contributed by atoms with Crippen LogP contribution in [0.25, 0.3) is 43.6 Å². The van der Waals surface area contributed by atoms with E-state index in [1.54, 1.807) is 24.3 Å². The molecule has 0 saturated carbocycles. The number of amides is 1. The number of carbonyl (C=O) groups excluding carboxylic acids is 1. The number of pyridine rings is 2. The molecule has 0 saturated heterocycles. The molecule has 0 aliphatic rings. The van der Waals surface area contributed by atoms with Crippen LogP contribution >= 0.6 is 0 Å². The van der Waals surface area contributed by atoms with Crippen LogP contribution in [0.5, 0.6) is 0 Å². The van der Waals surface area contributed by atoms with Crippen molar-refractivity contribution in [1.82, 2.24) is 9.13 Å². The maximum absolute atomic E-state index is 12.9. The fraction of sp³-hybridized carbons (Fsp3) is 0.275. The summed E-state index contributed by atoms with van der Waals surface area (Å²) in [7, 11) is 0. The van der Waals surface area contributed by atoms with E-state index in [0.717, 1.165) is 54.3 Å². The smallest absolute Gasteiger partial charge is 0.303 e. The van der Waals surface area contributed by atoms with Crippen molar-refractivity contribution in [3.8, 4) is 0 Å². The van der Waals surface area contributed by atoms with Crippen molar-refractivity contribution < 1.29 is 24.6 Å². The minimum atomic E-state index is -0.778. The number of aromatic nitrogens is 2. The molecule has 2 heterocycles. The van der Waals surface area contributed by atoms with Crippen molar-refractivity contribution in [2.24, 2.45) is 0 Å². The summed E-state index contributed by atoms with van der Waals surface area (Å²) in [6.45, 7) is 2.86. The third-order valence-electron chi connectivity index (χ3n) is 8.83. The van der Waals surface area contributed by atoms with Crippen LogP contribution in [-0.2, 0) is 27.5 Å². The number of carbonyl (C=O) groups is 3. The summed E-state index contributed by atoms with van der Waals surface area (Å²) in [5, 5.41) is 22.7. The first-order valence-corrected chi connectivity index (χ1v) is 17.1. The summed E-state index contributed by atoms with van der Waals surface area (Å²) >= 11 is 0. The number of fused-ring (bicyclic) bond motifs is 4. The van der Waals surface area contributed by atoms with Crippen LogP contribution in [0.15, 0.2) is 94.5 Å². The van der Waals surface area contributed by atoms with Gasteiger partial charge in [0, 0.05) is 65.8 Å². The van der Waals surface area contributed by atoms with Gasteiger partial charge in [-0.3, -0.25) is 24.0 Å². The van der Waals surface area contributed by atoms with Gasteiger partial charge in [0.1, 0.15) is 0 Å². The van der Waals surface area contributed by atoms with Gasteiger partial charge >= 0.3 is 11.9 Å². The van der Waals surface area contributed by atoms with Crippen LogP contribution < -0.4 is 21.9 Å². The van der Waals surface area contributed by atoms with Gasteiger partial charge < -0.3 is 30.4 Å². The summed E-state index contributed by atoms with van der Waals surface area (Å²) in [4.78, 5) is 58.2. The highest BCUT2D eigenvalue weighted by Gasteiger charge is 2.13. The first-order chi connectivity index (χ1) is 24.5. The van der Waals surface area contributed by atoms with Crippen LogP contribution in [0.4, 0.5) is 11.4 Å². The molecule has 0 aliphatic carbocycles. The number of hydrogen-bond donors (Lipinski definition) is 4. The molecule has 0 spiro atoms. The zero-order valence-electron chi connectivity index (χ0n) is 28.6. The number of unbranched alkanes of at least 4 members (excludes halogenated alkanes) is 4. The fourth-order valence-electron chi connectivity index (χ4n) is 6.48. The SMILES string of the molecule is CC(=O)Nc1ccc2c(c1)c(=O)c1ccccc1n2CCCCCC(=O)O.Nc1ccc2c(c1)c(=O)c1ccccc1n2CCCCCC(=O)O. The van der Waals surface area contributed by atoms with Crippen molar-refractivity contribution in [3.63, 3.8) is 0 Å². The maximum atomic E-state index is 12.9. The number of para-hydroxylation sites is 2. The number of benzene rings is 4. The number of nitrogens with zero attached hydrogens (tertiary/aromatic N) is 2. The largest absolute Gasteiger partial charge is 0.481 e. The summed E-state index contributed by atoms with van der Waals surface area (Å²) in [5.74, 6) is -1.72. The van der Waals surface area contributed by atoms with E-state index in [-0.39, 0.29) is 29.6 Å². The van der Waals surface area contributed by atoms with Crippen LogP contribution in [0.1, 0.15) is 58.3 Å². The van der Waals surface area contributed by atoms with Gasteiger partial charge in [0.2, 0.25) is 5.91 Å². The highest BCUT2D eigenvalue weighted by Crippen LogP contribution is 2.24. The minimum absolute atomic E-state index is 0.00460. The Labute approximate surface area is 293 Å². The number of nitrogens with two attached hydrogens (primary N) is 1. The van der Waals surface area contributed by atoms with Crippen LogP contribution in [0.3, 0.4) is 0 Å². The molecular formula is C40H42N4O7. The minimum Gasteiger partial charge on any atom is -0.481 e. The molecule has 6 aromatic rings. The number of anilines is 2. The van der Waals surface area contributed by atoms with Gasteiger partial charge in [-0.05, 0) is 86.3 Å². The lowest BCUT2D eigenvalue weighted by molar-refractivity contribution is -0.138. The zero-order chi connectivity index (χ0) is 36.5. The van der Waals surface area contributed by atoms with E-state index < -0.39 is 11.9 Å². The third-order valence-corrected chi connectivity index (χ3v) is 8.83. The predicted molar refractivity (Wildman–Crippen MR) is 202 cm³/mol. The quantitative estimate of drug-likeness (QED) is 0.0562. The van der Waals surface area contributed by atoms with Crippen LogP contribution in [-0.4, -0.2) is 37.2 Å². The van der Waals surface area contributed by atoms with Gasteiger partial charge in [0.15, 0.2) is 10.9 Å². The Hall–Kier alpha value is -5.97. The number of nitrogen functional groups attached to an aromatic ring is 1.